The van der Waals surface area contributed by atoms with Gasteiger partial charge in [0.1, 0.15) is 12.5 Å². The summed E-state index contributed by atoms with van der Waals surface area (Å²) < 4.78 is 14.9. The maximum atomic E-state index is 12.6. The fraction of sp³-hybridized carbons (Fsp3) is 0.286. The first-order chi connectivity index (χ1) is 14.8. The number of halogens is 1. The first-order valence-corrected chi connectivity index (χ1v) is 9.37. The maximum absolute atomic E-state index is 12.6. The Balaban J connectivity index is 0.00000363. The van der Waals surface area contributed by atoms with Crippen molar-refractivity contribution in [3.05, 3.63) is 58.5 Å². The molecule has 0 unspecified atom stereocenters. The van der Waals surface area contributed by atoms with Crippen molar-refractivity contribution in [1.82, 2.24) is 0 Å². The highest BCUT2D eigenvalue weighted by Gasteiger charge is 2.34. The van der Waals surface area contributed by atoms with Gasteiger partial charge in [-0.2, -0.15) is 0 Å². The van der Waals surface area contributed by atoms with E-state index in [1.54, 1.807) is 12.1 Å². The van der Waals surface area contributed by atoms with E-state index in [1.165, 1.54) is 12.1 Å². The number of aliphatic hydroxyl groups excluding tert-OH is 1. The van der Waals surface area contributed by atoms with Gasteiger partial charge in [0, 0.05) is 17.5 Å². The monoisotopic (exact) mass is 465 g/mol. The molecule has 1 aliphatic rings. The standard InChI is InChI=1S/C21H19NO9.ClH/c22-14(10-23)21(28)30-7-3-6-29-17(25)9-15(24)16-8-13-18(26)11-4-1-2-5-12(11)19(27)20(13)31-16;/h1-2,4-5,8,14,23H,3,6-7,9-10,22H2;1H/t14-;/m0./s1. The Kier molecular flexibility index (Phi) is 8.41. The zero-order valence-corrected chi connectivity index (χ0v) is 17.5. The summed E-state index contributed by atoms with van der Waals surface area (Å²) in [7, 11) is 0. The molecular formula is C21H20ClNO9. The number of fused-ring (bicyclic) bond motifs is 2. The highest BCUT2D eigenvalue weighted by Crippen LogP contribution is 2.30. The Hall–Kier alpha value is -3.34. The molecule has 0 amide bonds. The smallest absolute Gasteiger partial charge is 0.325 e. The molecule has 0 fully saturated rings. The van der Waals surface area contributed by atoms with E-state index in [-0.39, 0.29) is 60.3 Å². The summed E-state index contributed by atoms with van der Waals surface area (Å²) in [5.74, 6) is -3.85. The number of Topliss-reactive ketones (excluding diaryl/α,β-unsaturated/α-hetero) is 1. The van der Waals surface area contributed by atoms with Crippen LogP contribution in [-0.4, -0.2) is 60.3 Å². The quantitative estimate of drug-likeness (QED) is 0.200. The third kappa shape index (κ3) is 5.28. The molecule has 0 spiro atoms. The molecule has 3 rings (SSSR count). The van der Waals surface area contributed by atoms with Crippen LogP contribution in [0.2, 0.25) is 0 Å². The molecule has 1 heterocycles. The van der Waals surface area contributed by atoms with Gasteiger partial charge in [0.05, 0.1) is 25.4 Å². The number of aliphatic hydroxyl groups is 1. The SMILES string of the molecule is Cl.N[C@@H](CO)C(=O)OCCCOC(=O)CC(=O)c1cc2c(o1)C(=O)c1ccccc1C2=O. The van der Waals surface area contributed by atoms with Gasteiger partial charge in [-0.15, -0.1) is 12.4 Å². The van der Waals surface area contributed by atoms with E-state index in [0.717, 1.165) is 6.07 Å². The molecule has 1 aliphatic carbocycles. The Morgan fingerprint density at radius 1 is 1.00 bits per heavy atom. The van der Waals surface area contributed by atoms with Gasteiger partial charge < -0.3 is 24.7 Å². The van der Waals surface area contributed by atoms with Crippen molar-refractivity contribution in [2.75, 3.05) is 19.8 Å². The molecule has 1 aromatic heterocycles. The number of rotatable bonds is 9. The predicted octanol–water partition coefficient (Wildman–Crippen LogP) is 0.846. The molecule has 3 N–H and O–H groups in total. The van der Waals surface area contributed by atoms with Crippen molar-refractivity contribution in [2.45, 2.75) is 18.9 Å². The molecule has 0 bridgehead atoms. The second-order valence-electron chi connectivity index (χ2n) is 6.69. The van der Waals surface area contributed by atoms with Crippen LogP contribution in [0.3, 0.4) is 0 Å². The Morgan fingerprint density at radius 2 is 1.62 bits per heavy atom. The van der Waals surface area contributed by atoms with Crippen molar-refractivity contribution < 1.29 is 43.0 Å². The summed E-state index contributed by atoms with van der Waals surface area (Å²) >= 11 is 0. The van der Waals surface area contributed by atoms with Crippen molar-refractivity contribution in [3.63, 3.8) is 0 Å². The predicted molar refractivity (Wildman–Crippen MR) is 110 cm³/mol. The van der Waals surface area contributed by atoms with Crippen LogP contribution in [0.5, 0.6) is 0 Å². The van der Waals surface area contributed by atoms with Crippen molar-refractivity contribution in [3.8, 4) is 0 Å². The van der Waals surface area contributed by atoms with Crippen molar-refractivity contribution in [1.29, 1.82) is 0 Å². The van der Waals surface area contributed by atoms with E-state index in [9.17, 15) is 24.0 Å². The zero-order chi connectivity index (χ0) is 22.5. The fourth-order valence-electron chi connectivity index (χ4n) is 2.88. The van der Waals surface area contributed by atoms with Crippen LogP contribution in [0.1, 0.15) is 55.4 Å². The zero-order valence-electron chi connectivity index (χ0n) is 16.7. The minimum Gasteiger partial charge on any atom is -0.465 e. The van der Waals surface area contributed by atoms with Gasteiger partial charge in [-0.1, -0.05) is 24.3 Å². The molecule has 10 nitrogen and oxygen atoms in total. The molecule has 2 aromatic rings. The summed E-state index contributed by atoms with van der Waals surface area (Å²) in [6, 6.07) is 6.27. The van der Waals surface area contributed by atoms with Crippen molar-refractivity contribution >= 4 is 41.7 Å². The van der Waals surface area contributed by atoms with E-state index >= 15 is 0 Å². The van der Waals surface area contributed by atoms with Crippen molar-refractivity contribution in [2.24, 2.45) is 5.73 Å². The summed E-state index contributed by atoms with van der Waals surface area (Å²) in [6.07, 6.45) is -0.489. The molecule has 0 radical (unpaired) electrons. The van der Waals surface area contributed by atoms with E-state index in [4.69, 9.17) is 24.7 Å². The Labute approximate surface area is 188 Å². The van der Waals surface area contributed by atoms with E-state index in [1.807, 2.05) is 0 Å². The van der Waals surface area contributed by atoms with Gasteiger partial charge in [-0.3, -0.25) is 24.0 Å². The highest BCUT2D eigenvalue weighted by atomic mass is 35.5. The van der Waals surface area contributed by atoms with Gasteiger partial charge in [-0.25, -0.2) is 0 Å². The molecule has 0 aliphatic heterocycles. The topological polar surface area (TPSA) is 163 Å². The summed E-state index contributed by atoms with van der Waals surface area (Å²) in [5, 5.41) is 8.71. The Morgan fingerprint density at radius 3 is 2.28 bits per heavy atom. The second-order valence-corrected chi connectivity index (χ2v) is 6.69. The van der Waals surface area contributed by atoms with Gasteiger partial charge >= 0.3 is 11.9 Å². The van der Waals surface area contributed by atoms with Crippen LogP contribution >= 0.6 is 12.4 Å². The van der Waals surface area contributed by atoms with Gasteiger partial charge in [0.25, 0.3) is 0 Å². The number of hydrogen-bond donors (Lipinski definition) is 2. The number of nitrogens with two attached hydrogens (primary N) is 1. The second kappa shape index (κ2) is 10.8. The molecule has 1 aromatic carbocycles. The number of furan rings is 1. The van der Waals surface area contributed by atoms with Crippen LogP contribution in [-0.2, 0) is 19.1 Å². The number of ether oxygens (including phenoxy) is 2. The molecule has 32 heavy (non-hydrogen) atoms. The maximum Gasteiger partial charge on any atom is 0.325 e. The minimum atomic E-state index is -1.13. The minimum absolute atomic E-state index is 0. The number of esters is 2. The molecule has 1 atom stereocenters. The van der Waals surface area contributed by atoms with E-state index in [0.29, 0.717) is 0 Å². The number of carbonyl (C=O) groups is 5. The number of hydrogen-bond acceptors (Lipinski definition) is 10. The molecule has 0 saturated carbocycles. The lowest BCUT2D eigenvalue weighted by Crippen LogP contribution is -2.35. The van der Waals surface area contributed by atoms with E-state index < -0.39 is 48.4 Å². The molecule has 11 heteroatoms. The lowest BCUT2D eigenvalue weighted by Gasteiger charge is -2.11. The van der Waals surface area contributed by atoms with Crippen LogP contribution < -0.4 is 5.73 Å². The van der Waals surface area contributed by atoms with E-state index in [2.05, 4.69) is 0 Å². The summed E-state index contributed by atoms with van der Waals surface area (Å²) in [6.45, 7) is -0.743. The molecule has 0 saturated heterocycles. The number of ketones is 3. The third-order valence-corrected chi connectivity index (χ3v) is 4.47. The molecule has 170 valence electrons. The first-order valence-electron chi connectivity index (χ1n) is 9.37. The number of carbonyl (C=O) groups excluding carboxylic acids is 5. The van der Waals surface area contributed by atoms with Crippen LogP contribution in [0.25, 0.3) is 0 Å². The Bertz CT molecular complexity index is 1010. The van der Waals surface area contributed by atoms with Gasteiger partial charge in [0.15, 0.2) is 17.3 Å². The fourth-order valence-corrected chi connectivity index (χ4v) is 2.88. The summed E-state index contributed by atoms with van der Waals surface area (Å²) in [5.41, 5.74) is 5.66. The van der Waals surface area contributed by atoms with Gasteiger partial charge in [0.2, 0.25) is 11.6 Å². The lowest BCUT2D eigenvalue weighted by molar-refractivity contribution is -0.147. The van der Waals surface area contributed by atoms with Gasteiger partial charge in [-0.05, 0) is 6.07 Å². The normalized spacial score (nSPS) is 12.8. The average molecular weight is 466 g/mol. The summed E-state index contributed by atoms with van der Waals surface area (Å²) in [4.78, 5) is 60.5. The third-order valence-electron chi connectivity index (χ3n) is 4.47. The lowest BCUT2D eigenvalue weighted by atomic mass is 9.88. The molecular weight excluding hydrogens is 446 g/mol. The highest BCUT2D eigenvalue weighted by molar-refractivity contribution is 6.28. The van der Waals surface area contributed by atoms with Crippen LogP contribution in [0, 0.1) is 0 Å². The van der Waals surface area contributed by atoms with Crippen LogP contribution in [0.4, 0.5) is 0 Å². The first kappa shape index (κ1) is 24.9. The number of benzene rings is 1. The van der Waals surface area contributed by atoms with Crippen LogP contribution in [0.15, 0.2) is 34.7 Å². The largest absolute Gasteiger partial charge is 0.465 e. The average Bonchev–Trinajstić information content (AvgIpc) is 3.22.